The van der Waals surface area contributed by atoms with Gasteiger partial charge in [0.25, 0.3) is 0 Å². The van der Waals surface area contributed by atoms with E-state index in [2.05, 4.69) is 4.72 Å². The molecule has 2 aromatic carbocycles. The van der Waals surface area contributed by atoms with Crippen molar-refractivity contribution in [3.63, 3.8) is 0 Å². The van der Waals surface area contributed by atoms with Crippen LogP contribution in [0.1, 0.15) is 55.2 Å². The maximum atomic E-state index is 12.9. The number of nitrogens with one attached hydrogen (secondary N) is 1. The Morgan fingerprint density at radius 3 is 2.60 bits per heavy atom. The maximum Gasteiger partial charge on any atom is 0.236 e. The molecule has 0 unspecified atom stereocenters. The SMILES string of the molecule is Cc1cccc(CS(=O)(=O)Nc2ccc3c(c2)C2(CCC2)CC(=O)N3CC2CC2)c1. The normalized spacial score (nSPS) is 20.0. The lowest BCUT2D eigenvalue weighted by Crippen LogP contribution is -2.48. The second-order valence-corrected chi connectivity index (χ2v) is 11.1. The number of fused-ring (bicyclic) bond motifs is 2. The van der Waals surface area contributed by atoms with Gasteiger partial charge in [0.05, 0.1) is 5.75 Å². The van der Waals surface area contributed by atoms with Crippen LogP contribution in [0, 0.1) is 12.8 Å². The summed E-state index contributed by atoms with van der Waals surface area (Å²) in [4.78, 5) is 14.8. The van der Waals surface area contributed by atoms with Crippen LogP contribution in [0.3, 0.4) is 0 Å². The van der Waals surface area contributed by atoms with Crippen LogP contribution < -0.4 is 9.62 Å². The predicted octanol–water partition coefficient (Wildman–Crippen LogP) is 4.51. The second kappa shape index (κ2) is 7.12. The average Bonchev–Trinajstić information content (AvgIpc) is 3.46. The molecule has 2 fully saturated rings. The molecule has 2 saturated carbocycles. The van der Waals surface area contributed by atoms with Gasteiger partial charge in [0, 0.05) is 29.8 Å². The lowest BCUT2D eigenvalue weighted by Gasteiger charge is -2.48. The van der Waals surface area contributed by atoms with E-state index < -0.39 is 10.0 Å². The zero-order valence-corrected chi connectivity index (χ0v) is 18.2. The highest BCUT2D eigenvalue weighted by molar-refractivity contribution is 7.91. The highest BCUT2D eigenvalue weighted by Gasteiger charge is 2.47. The quantitative estimate of drug-likeness (QED) is 0.742. The Morgan fingerprint density at radius 2 is 1.93 bits per heavy atom. The molecule has 6 heteroatoms. The molecule has 158 valence electrons. The molecule has 5 nitrogen and oxygen atoms in total. The summed E-state index contributed by atoms with van der Waals surface area (Å²) in [7, 11) is -3.52. The first-order valence-corrected chi connectivity index (χ1v) is 12.5. The number of carbonyl (C=O) groups is 1. The summed E-state index contributed by atoms with van der Waals surface area (Å²) in [5.74, 6) is 0.787. The molecule has 1 aliphatic heterocycles. The van der Waals surface area contributed by atoms with Gasteiger partial charge in [0.2, 0.25) is 15.9 Å². The van der Waals surface area contributed by atoms with Crippen molar-refractivity contribution in [2.75, 3.05) is 16.2 Å². The third kappa shape index (κ3) is 3.73. The number of hydrogen-bond donors (Lipinski definition) is 1. The smallest absolute Gasteiger partial charge is 0.236 e. The van der Waals surface area contributed by atoms with E-state index in [0.29, 0.717) is 18.0 Å². The summed E-state index contributed by atoms with van der Waals surface area (Å²) < 4.78 is 28.3. The average molecular weight is 425 g/mol. The van der Waals surface area contributed by atoms with Gasteiger partial charge in [-0.05, 0) is 67.9 Å². The van der Waals surface area contributed by atoms with Crippen molar-refractivity contribution in [2.24, 2.45) is 5.92 Å². The molecule has 0 atom stereocenters. The van der Waals surface area contributed by atoms with E-state index in [9.17, 15) is 13.2 Å². The molecule has 5 rings (SSSR count). The molecule has 0 saturated heterocycles. The third-order valence-corrected chi connectivity index (χ3v) is 8.07. The van der Waals surface area contributed by atoms with E-state index in [4.69, 9.17) is 0 Å². The van der Waals surface area contributed by atoms with Crippen molar-refractivity contribution in [1.29, 1.82) is 0 Å². The van der Waals surface area contributed by atoms with E-state index in [-0.39, 0.29) is 17.1 Å². The minimum atomic E-state index is -3.52. The summed E-state index contributed by atoms with van der Waals surface area (Å²) >= 11 is 0. The van der Waals surface area contributed by atoms with E-state index in [0.717, 1.165) is 48.2 Å². The van der Waals surface area contributed by atoms with Crippen molar-refractivity contribution in [1.82, 2.24) is 0 Å². The van der Waals surface area contributed by atoms with Gasteiger partial charge in [-0.2, -0.15) is 0 Å². The maximum absolute atomic E-state index is 12.9. The van der Waals surface area contributed by atoms with Gasteiger partial charge in [-0.15, -0.1) is 0 Å². The van der Waals surface area contributed by atoms with E-state index in [1.165, 1.54) is 12.8 Å². The molecule has 0 radical (unpaired) electrons. The van der Waals surface area contributed by atoms with Crippen molar-refractivity contribution < 1.29 is 13.2 Å². The molecule has 0 aromatic heterocycles. The van der Waals surface area contributed by atoms with E-state index in [1.807, 2.05) is 48.2 Å². The molecule has 1 spiro atoms. The Balaban J connectivity index is 1.43. The largest absolute Gasteiger partial charge is 0.312 e. The second-order valence-electron chi connectivity index (χ2n) is 9.34. The van der Waals surface area contributed by atoms with Crippen molar-refractivity contribution in [3.8, 4) is 0 Å². The van der Waals surface area contributed by atoms with Crippen molar-refractivity contribution in [3.05, 3.63) is 59.2 Å². The van der Waals surface area contributed by atoms with Gasteiger partial charge >= 0.3 is 0 Å². The lowest BCUT2D eigenvalue weighted by atomic mass is 9.60. The Kier molecular flexibility index (Phi) is 4.65. The van der Waals surface area contributed by atoms with Crippen LogP contribution >= 0.6 is 0 Å². The van der Waals surface area contributed by atoms with Crippen LogP contribution in [-0.2, 0) is 26.0 Å². The first kappa shape index (κ1) is 19.6. The van der Waals surface area contributed by atoms with Gasteiger partial charge in [-0.1, -0.05) is 36.2 Å². The van der Waals surface area contributed by atoms with Crippen LogP contribution in [0.2, 0.25) is 0 Å². The number of carbonyl (C=O) groups excluding carboxylic acids is 1. The van der Waals surface area contributed by atoms with Crippen LogP contribution in [0.15, 0.2) is 42.5 Å². The standard InChI is InChI=1S/C24H28N2O3S/c1-17-4-2-5-19(12-17)16-30(28,29)25-20-8-9-22-21(13-20)24(10-3-11-24)14-23(27)26(22)15-18-6-7-18/h2,4-5,8-9,12-13,18,25H,3,6-7,10-11,14-16H2,1H3. The molecule has 1 amide bonds. The van der Waals surface area contributed by atoms with Crippen LogP contribution in [0.5, 0.6) is 0 Å². The minimum absolute atomic E-state index is 0.0524. The number of nitrogens with zero attached hydrogens (tertiary/aromatic N) is 1. The van der Waals surface area contributed by atoms with Crippen LogP contribution in [0.4, 0.5) is 11.4 Å². The predicted molar refractivity (Wildman–Crippen MR) is 119 cm³/mol. The summed E-state index contributed by atoms with van der Waals surface area (Å²) in [6.07, 6.45) is 6.07. The summed E-state index contributed by atoms with van der Waals surface area (Å²) in [5.41, 5.74) is 4.43. The molecule has 1 heterocycles. The van der Waals surface area contributed by atoms with Gasteiger partial charge in [-0.3, -0.25) is 9.52 Å². The van der Waals surface area contributed by atoms with Gasteiger partial charge in [-0.25, -0.2) is 8.42 Å². The Hall–Kier alpha value is -2.34. The number of anilines is 2. The number of aryl methyl sites for hydroxylation is 1. The minimum Gasteiger partial charge on any atom is -0.312 e. The van der Waals surface area contributed by atoms with Gasteiger partial charge < -0.3 is 4.90 Å². The fourth-order valence-corrected chi connectivity index (χ4v) is 6.10. The van der Waals surface area contributed by atoms with Crippen LogP contribution in [0.25, 0.3) is 0 Å². The summed E-state index contributed by atoms with van der Waals surface area (Å²) in [6, 6.07) is 13.3. The summed E-state index contributed by atoms with van der Waals surface area (Å²) in [5, 5.41) is 0. The number of sulfonamides is 1. The molecule has 2 aromatic rings. The highest BCUT2D eigenvalue weighted by atomic mass is 32.2. The van der Waals surface area contributed by atoms with E-state index in [1.54, 1.807) is 6.07 Å². The summed E-state index contributed by atoms with van der Waals surface area (Å²) in [6.45, 7) is 2.75. The number of rotatable bonds is 6. The van der Waals surface area contributed by atoms with Crippen molar-refractivity contribution >= 4 is 27.3 Å². The molecule has 30 heavy (non-hydrogen) atoms. The first-order chi connectivity index (χ1) is 14.3. The Labute approximate surface area is 178 Å². The molecule has 2 aliphatic carbocycles. The fourth-order valence-electron chi connectivity index (χ4n) is 4.92. The zero-order chi connectivity index (χ0) is 20.9. The van der Waals surface area contributed by atoms with Gasteiger partial charge in [0.15, 0.2) is 0 Å². The lowest BCUT2D eigenvalue weighted by molar-refractivity contribution is -0.121. The number of amides is 1. The Bertz CT molecular complexity index is 1100. The first-order valence-electron chi connectivity index (χ1n) is 10.8. The highest BCUT2D eigenvalue weighted by Crippen LogP contribution is 2.53. The zero-order valence-electron chi connectivity index (χ0n) is 17.4. The topological polar surface area (TPSA) is 66.5 Å². The van der Waals surface area contributed by atoms with Crippen molar-refractivity contribution in [2.45, 2.75) is 56.6 Å². The molecule has 1 N–H and O–H groups in total. The Morgan fingerprint density at radius 1 is 1.13 bits per heavy atom. The monoisotopic (exact) mass is 424 g/mol. The van der Waals surface area contributed by atoms with E-state index >= 15 is 0 Å². The molecular formula is C24H28N2O3S. The number of hydrogen-bond acceptors (Lipinski definition) is 3. The number of benzene rings is 2. The molecular weight excluding hydrogens is 396 g/mol. The van der Waals surface area contributed by atoms with Crippen LogP contribution in [-0.4, -0.2) is 20.9 Å². The molecule has 0 bridgehead atoms. The van der Waals surface area contributed by atoms with Gasteiger partial charge in [0.1, 0.15) is 0 Å². The molecule has 3 aliphatic rings. The fraction of sp³-hybridized carbons (Fsp3) is 0.458. The third-order valence-electron chi connectivity index (χ3n) is 6.81.